The molecular weight excluding hydrogens is 548 g/mol. The number of hydrogen-bond acceptors (Lipinski definition) is 3. The van der Waals surface area contributed by atoms with Gasteiger partial charge in [0.05, 0.1) is 11.4 Å². The van der Waals surface area contributed by atoms with Gasteiger partial charge in [-0.1, -0.05) is 127 Å². The van der Waals surface area contributed by atoms with Crippen molar-refractivity contribution < 1.29 is 4.42 Å². The van der Waals surface area contributed by atoms with Gasteiger partial charge in [0.25, 0.3) is 0 Å². The molecule has 0 aliphatic heterocycles. The van der Waals surface area contributed by atoms with E-state index >= 15 is 0 Å². The largest absolute Gasteiger partial charge is 0.456 e. The van der Waals surface area contributed by atoms with Crippen LogP contribution >= 0.6 is 0 Å². The molecule has 0 saturated carbocycles. The molecule has 210 valence electrons. The molecule has 0 aliphatic rings. The van der Waals surface area contributed by atoms with E-state index in [0.717, 1.165) is 66.5 Å². The fourth-order valence-electron chi connectivity index (χ4n) is 6.63. The molecule has 9 aromatic rings. The zero-order chi connectivity index (χ0) is 29.7. The van der Waals surface area contributed by atoms with E-state index in [-0.39, 0.29) is 0 Å². The monoisotopic (exact) mass is 574 g/mol. The van der Waals surface area contributed by atoms with Gasteiger partial charge < -0.3 is 4.42 Å². The first kappa shape index (κ1) is 25.4. The molecule has 0 amide bonds. The Morgan fingerprint density at radius 1 is 0.400 bits per heavy atom. The molecule has 2 aromatic heterocycles. The van der Waals surface area contributed by atoms with Crippen molar-refractivity contribution in [1.82, 2.24) is 9.97 Å². The number of para-hydroxylation sites is 1. The molecule has 2 heterocycles. The van der Waals surface area contributed by atoms with Crippen LogP contribution in [-0.2, 0) is 0 Å². The number of benzene rings is 7. The molecular formula is C42H26N2O. The summed E-state index contributed by atoms with van der Waals surface area (Å²) in [6.07, 6.45) is 0. The first-order chi connectivity index (χ1) is 22.3. The first-order valence-electron chi connectivity index (χ1n) is 15.2. The molecule has 0 fully saturated rings. The second-order valence-corrected chi connectivity index (χ2v) is 11.3. The molecule has 0 N–H and O–H groups in total. The van der Waals surface area contributed by atoms with E-state index < -0.39 is 0 Å². The fourth-order valence-corrected chi connectivity index (χ4v) is 6.63. The maximum Gasteiger partial charge on any atom is 0.161 e. The van der Waals surface area contributed by atoms with Gasteiger partial charge in [-0.05, 0) is 63.0 Å². The van der Waals surface area contributed by atoms with Crippen LogP contribution in [0.3, 0.4) is 0 Å². The summed E-state index contributed by atoms with van der Waals surface area (Å²) in [5.74, 6) is 0.666. The lowest BCUT2D eigenvalue weighted by atomic mass is 9.93. The van der Waals surface area contributed by atoms with Crippen molar-refractivity contribution in [2.24, 2.45) is 0 Å². The summed E-state index contributed by atoms with van der Waals surface area (Å²) in [4.78, 5) is 10.7. The van der Waals surface area contributed by atoms with E-state index in [1.165, 1.54) is 16.2 Å². The van der Waals surface area contributed by atoms with Crippen molar-refractivity contribution in [1.29, 1.82) is 0 Å². The van der Waals surface area contributed by atoms with Crippen LogP contribution in [0.2, 0.25) is 0 Å². The summed E-state index contributed by atoms with van der Waals surface area (Å²) in [5, 5.41) is 6.85. The molecule has 7 aromatic carbocycles. The molecule has 3 nitrogen and oxygen atoms in total. The Morgan fingerprint density at radius 2 is 1.02 bits per heavy atom. The van der Waals surface area contributed by atoms with Gasteiger partial charge in [0.1, 0.15) is 11.2 Å². The van der Waals surface area contributed by atoms with Gasteiger partial charge in [-0.25, -0.2) is 9.97 Å². The zero-order valence-corrected chi connectivity index (χ0v) is 24.3. The van der Waals surface area contributed by atoms with Crippen molar-refractivity contribution in [3.8, 4) is 45.0 Å². The van der Waals surface area contributed by atoms with Crippen LogP contribution < -0.4 is 0 Å². The molecule has 3 heteroatoms. The summed E-state index contributed by atoms with van der Waals surface area (Å²) in [6, 6.07) is 54.9. The van der Waals surface area contributed by atoms with E-state index in [0.29, 0.717) is 5.82 Å². The fraction of sp³-hybridized carbons (Fsp3) is 0. The SMILES string of the molecule is c1ccc(-c2cc(-c3cc4ccccc4c4ccccc34)nc(-c3c(-c4ccccc4)ccc4oc5ccccc5c34)n2)cc1. The van der Waals surface area contributed by atoms with Crippen LogP contribution in [0.4, 0.5) is 0 Å². The van der Waals surface area contributed by atoms with Crippen molar-refractivity contribution >= 4 is 43.5 Å². The second-order valence-electron chi connectivity index (χ2n) is 11.3. The normalized spacial score (nSPS) is 11.6. The number of hydrogen-bond donors (Lipinski definition) is 0. The Balaban J connectivity index is 1.42. The quantitative estimate of drug-likeness (QED) is 0.196. The van der Waals surface area contributed by atoms with Gasteiger partial charge in [-0.3, -0.25) is 0 Å². The standard InChI is InChI=1S/C42H26N2O/c1-3-13-27(14-4-1)31-23-24-39-40(34-21-11-12-22-38(34)45-39)41(31)42-43-36(28-15-5-2-6-16-28)26-37(44-42)35-25-29-17-7-8-18-30(29)32-19-9-10-20-33(32)35/h1-26H. The second kappa shape index (κ2) is 10.3. The van der Waals surface area contributed by atoms with Crippen LogP contribution in [0.15, 0.2) is 162 Å². The average molecular weight is 575 g/mol. The summed E-state index contributed by atoms with van der Waals surface area (Å²) in [6.45, 7) is 0. The lowest BCUT2D eigenvalue weighted by Gasteiger charge is -2.15. The maximum absolute atomic E-state index is 6.39. The number of rotatable bonds is 4. The minimum Gasteiger partial charge on any atom is -0.456 e. The third-order valence-electron chi connectivity index (χ3n) is 8.69. The van der Waals surface area contributed by atoms with Crippen molar-refractivity contribution in [2.75, 3.05) is 0 Å². The summed E-state index contributed by atoms with van der Waals surface area (Å²) in [7, 11) is 0. The van der Waals surface area contributed by atoms with E-state index in [1.807, 2.05) is 24.3 Å². The van der Waals surface area contributed by atoms with Crippen LogP contribution in [0.1, 0.15) is 0 Å². The van der Waals surface area contributed by atoms with Gasteiger partial charge in [0, 0.05) is 27.5 Å². The van der Waals surface area contributed by atoms with Crippen molar-refractivity contribution in [3.63, 3.8) is 0 Å². The van der Waals surface area contributed by atoms with Gasteiger partial charge in [-0.15, -0.1) is 0 Å². The Kier molecular flexibility index (Phi) is 5.82. The summed E-state index contributed by atoms with van der Waals surface area (Å²) >= 11 is 0. The Hall–Kier alpha value is -6.06. The molecule has 0 radical (unpaired) electrons. The highest BCUT2D eigenvalue weighted by Crippen LogP contribution is 2.43. The molecule has 0 bridgehead atoms. The average Bonchev–Trinajstić information content (AvgIpc) is 3.50. The topological polar surface area (TPSA) is 38.9 Å². The third-order valence-corrected chi connectivity index (χ3v) is 8.69. The molecule has 0 unspecified atom stereocenters. The van der Waals surface area contributed by atoms with E-state index in [2.05, 4.69) is 133 Å². The van der Waals surface area contributed by atoms with Gasteiger partial charge >= 0.3 is 0 Å². The molecule has 45 heavy (non-hydrogen) atoms. The number of aromatic nitrogens is 2. The lowest BCUT2D eigenvalue weighted by molar-refractivity contribution is 0.669. The lowest BCUT2D eigenvalue weighted by Crippen LogP contribution is -1.98. The summed E-state index contributed by atoms with van der Waals surface area (Å²) in [5.41, 5.74) is 8.67. The highest BCUT2D eigenvalue weighted by atomic mass is 16.3. The Morgan fingerprint density at radius 3 is 1.82 bits per heavy atom. The molecule has 9 rings (SSSR count). The minimum atomic E-state index is 0.666. The molecule has 0 saturated heterocycles. The van der Waals surface area contributed by atoms with Crippen LogP contribution in [0.25, 0.3) is 88.5 Å². The Labute approximate surface area is 260 Å². The smallest absolute Gasteiger partial charge is 0.161 e. The van der Waals surface area contributed by atoms with Crippen LogP contribution in [-0.4, -0.2) is 9.97 Å². The zero-order valence-electron chi connectivity index (χ0n) is 24.3. The number of fused-ring (bicyclic) bond motifs is 6. The van der Waals surface area contributed by atoms with Gasteiger partial charge in [0.2, 0.25) is 0 Å². The first-order valence-corrected chi connectivity index (χ1v) is 15.2. The van der Waals surface area contributed by atoms with Gasteiger partial charge in [-0.2, -0.15) is 0 Å². The van der Waals surface area contributed by atoms with E-state index in [1.54, 1.807) is 0 Å². The predicted molar refractivity (Wildman–Crippen MR) is 186 cm³/mol. The van der Waals surface area contributed by atoms with E-state index in [9.17, 15) is 0 Å². The molecule has 0 atom stereocenters. The van der Waals surface area contributed by atoms with Gasteiger partial charge in [0.15, 0.2) is 5.82 Å². The predicted octanol–water partition coefficient (Wildman–Crippen LogP) is 11.4. The van der Waals surface area contributed by atoms with Crippen molar-refractivity contribution in [3.05, 3.63) is 158 Å². The Bertz CT molecular complexity index is 2530. The van der Waals surface area contributed by atoms with Crippen LogP contribution in [0, 0.1) is 0 Å². The highest BCUT2D eigenvalue weighted by Gasteiger charge is 2.22. The number of nitrogens with zero attached hydrogens (tertiary/aromatic N) is 2. The maximum atomic E-state index is 6.39. The van der Waals surface area contributed by atoms with Crippen LogP contribution in [0.5, 0.6) is 0 Å². The summed E-state index contributed by atoms with van der Waals surface area (Å²) < 4.78 is 6.39. The molecule has 0 spiro atoms. The number of furan rings is 1. The van der Waals surface area contributed by atoms with E-state index in [4.69, 9.17) is 14.4 Å². The third kappa shape index (κ3) is 4.21. The highest BCUT2D eigenvalue weighted by molar-refractivity contribution is 6.16. The minimum absolute atomic E-state index is 0.666. The van der Waals surface area contributed by atoms with Crippen molar-refractivity contribution in [2.45, 2.75) is 0 Å². The molecule has 0 aliphatic carbocycles.